The lowest BCUT2D eigenvalue weighted by atomic mass is 10.2. The Labute approximate surface area is 121 Å². The first kappa shape index (κ1) is 11.9. The predicted molar refractivity (Wildman–Crippen MR) is 76.8 cm³/mol. The number of nitrogens with zero attached hydrogens (tertiary/aromatic N) is 3. The Morgan fingerprint density at radius 3 is 3.06 bits per heavy atom. The molecule has 4 nitrogen and oxygen atoms in total. The summed E-state index contributed by atoms with van der Waals surface area (Å²) in [6.07, 6.45) is 7.09. The van der Waals surface area contributed by atoms with E-state index >= 15 is 0 Å². The average molecular weight is 408 g/mol. The number of pyridine rings is 1. The van der Waals surface area contributed by atoms with Crippen molar-refractivity contribution in [2.45, 2.75) is 25.5 Å². The molecule has 6 heteroatoms. The Balaban J connectivity index is 2.13. The number of hydrogen-bond acceptors (Lipinski definition) is 3. The van der Waals surface area contributed by atoms with Crippen molar-refractivity contribution in [2.75, 3.05) is 6.61 Å². The maximum atomic E-state index is 5.78. The van der Waals surface area contributed by atoms with E-state index in [9.17, 15) is 0 Å². The number of halogens is 2. The fraction of sp³-hybridized carbons (Fsp3) is 0.455. The van der Waals surface area contributed by atoms with E-state index in [1.54, 1.807) is 6.20 Å². The van der Waals surface area contributed by atoms with Crippen LogP contribution in [0, 0.1) is 3.70 Å². The van der Waals surface area contributed by atoms with Gasteiger partial charge in [0.05, 0.1) is 17.1 Å². The molecular formula is C11H11BrIN3O. The largest absolute Gasteiger partial charge is 0.356 e. The summed E-state index contributed by atoms with van der Waals surface area (Å²) in [4.78, 5) is 4.21. The Hall–Kier alpha value is -0.210. The van der Waals surface area contributed by atoms with Crippen molar-refractivity contribution < 1.29 is 4.74 Å². The molecule has 2 aromatic heterocycles. The minimum atomic E-state index is 0.0610. The van der Waals surface area contributed by atoms with Crippen LogP contribution < -0.4 is 0 Å². The number of fused-ring (bicyclic) bond motifs is 1. The SMILES string of the molecule is Brc1cncc2c1c(I)nn2C1CCCCO1. The van der Waals surface area contributed by atoms with Crippen LogP contribution in [0.1, 0.15) is 25.5 Å². The predicted octanol–water partition coefficient (Wildman–Crippen LogP) is 3.50. The van der Waals surface area contributed by atoms with Gasteiger partial charge in [-0.15, -0.1) is 0 Å². The highest BCUT2D eigenvalue weighted by molar-refractivity contribution is 14.1. The second-order valence-corrected chi connectivity index (χ2v) is 5.95. The molecule has 1 aliphatic heterocycles. The lowest BCUT2D eigenvalue weighted by Gasteiger charge is -2.23. The Bertz CT molecular complexity index is 551. The van der Waals surface area contributed by atoms with E-state index in [0.717, 1.165) is 38.5 Å². The third-order valence-electron chi connectivity index (χ3n) is 2.96. The van der Waals surface area contributed by atoms with Gasteiger partial charge in [0, 0.05) is 17.3 Å². The first-order valence-corrected chi connectivity index (χ1v) is 7.43. The van der Waals surface area contributed by atoms with Crippen LogP contribution in [0.2, 0.25) is 0 Å². The summed E-state index contributed by atoms with van der Waals surface area (Å²) in [5, 5.41) is 5.70. The maximum Gasteiger partial charge on any atom is 0.150 e. The summed E-state index contributed by atoms with van der Waals surface area (Å²) >= 11 is 5.78. The Morgan fingerprint density at radius 2 is 2.29 bits per heavy atom. The van der Waals surface area contributed by atoms with Crippen molar-refractivity contribution in [3.05, 3.63) is 20.6 Å². The minimum absolute atomic E-state index is 0.0610. The molecule has 1 fully saturated rings. The molecule has 90 valence electrons. The van der Waals surface area contributed by atoms with Crippen LogP contribution in [0.15, 0.2) is 16.9 Å². The van der Waals surface area contributed by atoms with Gasteiger partial charge in [0.1, 0.15) is 3.70 Å². The zero-order chi connectivity index (χ0) is 11.8. The van der Waals surface area contributed by atoms with Crippen molar-refractivity contribution >= 4 is 49.4 Å². The van der Waals surface area contributed by atoms with Gasteiger partial charge in [0.15, 0.2) is 6.23 Å². The van der Waals surface area contributed by atoms with Crippen molar-refractivity contribution in [3.8, 4) is 0 Å². The van der Waals surface area contributed by atoms with Gasteiger partial charge in [0.25, 0.3) is 0 Å². The van der Waals surface area contributed by atoms with Crippen molar-refractivity contribution in [1.29, 1.82) is 0 Å². The van der Waals surface area contributed by atoms with Gasteiger partial charge in [0.2, 0.25) is 0 Å². The van der Waals surface area contributed by atoms with Crippen molar-refractivity contribution in [3.63, 3.8) is 0 Å². The highest BCUT2D eigenvalue weighted by Crippen LogP contribution is 2.31. The van der Waals surface area contributed by atoms with Gasteiger partial charge in [-0.2, -0.15) is 5.10 Å². The summed E-state index contributed by atoms with van der Waals surface area (Å²) in [5.41, 5.74) is 1.04. The van der Waals surface area contributed by atoms with Gasteiger partial charge in [-0.3, -0.25) is 4.98 Å². The molecule has 0 spiro atoms. The van der Waals surface area contributed by atoms with E-state index in [-0.39, 0.29) is 6.23 Å². The van der Waals surface area contributed by atoms with E-state index in [0.29, 0.717) is 0 Å². The summed E-state index contributed by atoms with van der Waals surface area (Å²) in [7, 11) is 0. The van der Waals surface area contributed by atoms with E-state index < -0.39 is 0 Å². The molecule has 0 saturated carbocycles. The zero-order valence-corrected chi connectivity index (χ0v) is 12.8. The number of hydrogen-bond donors (Lipinski definition) is 0. The quantitative estimate of drug-likeness (QED) is 0.679. The molecule has 0 aromatic carbocycles. The van der Waals surface area contributed by atoms with E-state index in [4.69, 9.17) is 4.74 Å². The molecule has 0 amide bonds. The zero-order valence-electron chi connectivity index (χ0n) is 9.07. The van der Waals surface area contributed by atoms with Crippen LogP contribution in [-0.4, -0.2) is 21.4 Å². The summed E-state index contributed by atoms with van der Waals surface area (Å²) in [5.74, 6) is 0. The fourth-order valence-corrected chi connectivity index (χ4v) is 3.82. The monoisotopic (exact) mass is 407 g/mol. The maximum absolute atomic E-state index is 5.78. The van der Waals surface area contributed by atoms with Crippen molar-refractivity contribution in [1.82, 2.24) is 14.8 Å². The van der Waals surface area contributed by atoms with E-state index in [1.165, 1.54) is 6.42 Å². The third kappa shape index (κ3) is 2.10. The molecule has 0 aliphatic carbocycles. The van der Waals surface area contributed by atoms with Crippen LogP contribution in [0.5, 0.6) is 0 Å². The van der Waals surface area contributed by atoms with Gasteiger partial charge in [-0.25, -0.2) is 4.68 Å². The minimum Gasteiger partial charge on any atom is -0.356 e. The lowest BCUT2D eigenvalue weighted by Crippen LogP contribution is -2.19. The average Bonchev–Trinajstić information content (AvgIpc) is 2.69. The first-order valence-electron chi connectivity index (χ1n) is 5.56. The molecule has 0 radical (unpaired) electrons. The standard InChI is InChI=1S/C11H11BrIN3O/c12-7-5-14-6-8-10(7)11(13)15-16(8)9-3-1-2-4-17-9/h5-6,9H,1-4H2. The topological polar surface area (TPSA) is 39.9 Å². The van der Waals surface area contributed by atoms with Gasteiger partial charge in [-0.05, 0) is 57.8 Å². The molecule has 1 unspecified atom stereocenters. The van der Waals surface area contributed by atoms with E-state index in [1.807, 2.05) is 10.9 Å². The van der Waals surface area contributed by atoms with Crippen molar-refractivity contribution in [2.24, 2.45) is 0 Å². The number of aromatic nitrogens is 3. The molecule has 0 bridgehead atoms. The smallest absolute Gasteiger partial charge is 0.150 e. The fourth-order valence-electron chi connectivity index (χ4n) is 2.14. The number of ether oxygens (including phenoxy) is 1. The number of rotatable bonds is 1. The van der Waals surface area contributed by atoms with Gasteiger partial charge in [-0.1, -0.05) is 0 Å². The summed E-state index contributed by atoms with van der Waals surface area (Å²) in [6, 6.07) is 0. The molecule has 17 heavy (non-hydrogen) atoms. The summed E-state index contributed by atoms with van der Waals surface area (Å²) in [6.45, 7) is 0.823. The summed E-state index contributed by atoms with van der Waals surface area (Å²) < 4.78 is 9.72. The normalized spacial score (nSPS) is 20.9. The van der Waals surface area contributed by atoms with Crippen LogP contribution in [-0.2, 0) is 4.74 Å². The molecule has 0 N–H and O–H groups in total. The van der Waals surface area contributed by atoms with Crippen LogP contribution in [0.25, 0.3) is 10.9 Å². The third-order valence-corrected chi connectivity index (χ3v) is 4.31. The first-order chi connectivity index (χ1) is 8.27. The van der Waals surface area contributed by atoms with Crippen LogP contribution in [0.4, 0.5) is 0 Å². The van der Waals surface area contributed by atoms with Crippen LogP contribution >= 0.6 is 38.5 Å². The highest BCUT2D eigenvalue weighted by Gasteiger charge is 2.21. The van der Waals surface area contributed by atoms with Gasteiger partial charge < -0.3 is 4.74 Å². The molecule has 1 aliphatic rings. The Morgan fingerprint density at radius 1 is 1.41 bits per heavy atom. The van der Waals surface area contributed by atoms with E-state index in [2.05, 4.69) is 48.6 Å². The Kier molecular flexibility index (Phi) is 3.36. The molecule has 3 heterocycles. The second kappa shape index (κ2) is 4.81. The molecule has 1 saturated heterocycles. The molecule has 1 atom stereocenters. The lowest BCUT2D eigenvalue weighted by molar-refractivity contribution is -0.0369. The molecule has 3 rings (SSSR count). The molecule has 2 aromatic rings. The van der Waals surface area contributed by atoms with Crippen LogP contribution in [0.3, 0.4) is 0 Å². The highest BCUT2D eigenvalue weighted by atomic mass is 127. The molecular weight excluding hydrogens is 397 g/mol. The second-order valence-electron chi connectivity index (χ2n) is 4.07. The van der Waals surface area contributed by atoms with Gasteiger partial charge >= 0.3 is 0 Å².